The highest BCUT2D eigenvalue weighted by molar-refractivity contribution is 5.91. The van der Waals surface area contributed by atoms with Crippen LogP contribution in [0.15, 0.2) is 51.4 Å². The fourth-order valence-corrected chi connectivity index (χ4v) is 2.05. The molecule has 0 saturated heterocycles. The van der Waals surface area contributed by atoms with Crippen LogP contribution < -0.4 is 5.32 Å². The van der Waals surface area contributed by atoms with Crippen LogP contribution in [0.3, 0.4) is 0 Å². The minimum Gasteiger partial charge on any atom is -0.395 e. The molecule has 0 saturated carbocycles. The van der Waals surface area contributed by atoms with Crippen molar-refractivity contribution in [2.45, 2.75) is 13.5 Å². The van der Waals surface area contributed by atoms with Crippen LogP contribution in [0.1, 0.15) is 21.8 Å². The summed E-state index contributed by atoms with van der Waals surface area (Å²) in [6.45, 7) is 2.10. The smallest absolute Gasteiger partial charge is 0.395 e. The van der Waals surface area contributed by atoms with Gasteiger partial charge in [0.05, 0.1) is 12.6 Å². The number of nitro groups is 1. The van der Waals surface area contributed by atoms with Crippen molar-refractivity contribution in [2.75, 3.05) is 0 Å². The standard InChI is InChI=1S/C16H13N3O5/c1-10-2-4-11(5-3-10)14-8-12(18-24-14)9-17-16(20)13-6-7-15(23-13)19(21)22/h2-8H,9H2,1H3,(H,17,20). The highest BCUT2D eigenvalue weighted by Crippen LogP contribution is 2.21. The van der Waals surface area contributed by atoms with Gasteiger partial charge in [0.25, 0.3) is 5.91 Å². The number of carbonyl (C=O) groups is 1. The molecule has 0 unspecified atom stereocenters. The van der Waals surface area contributed by atoms with Crippen LogP contribution in [0.5, 0.6) is 0 Å². The van der Waals surface area contributed by atoms with Gasteiger partial charge in [-0.15, -0.1) is 0 Å². The number of hydrogen-bond acceptors (Lipinski definition) is 6. The lowest BCUT2D eigenvalue weighted by atomic mass is 10.1. The van der Waals surface area contributed by atoms with Crippen LogP contribution in [0.4, 0.5) is 5.88 Å². The van der Waals surface area contributed by atoms with Crippen LogP contribution in [-0.2, 0) is 6.54 Å². The normalized spacial score (nSPS) is 10.5. The number of amides is 1. The lowest BCUT2D eigenvalue weighted by molar-refractivity contribution is -0.402. The molecule has 8 heteroatoms. The van der Waals surface area contributed by atoms with Crippen LogP contribution in [0, 0.1) is 17.0 Å². The zero-order valence-corrected chi connectivity index (χ0v) is 12.7. The molecule has 0 aliphatic heterocycles. The number of hydrogen-bond donors (Lipinski definition) is 1. The van der Waals surface area contributed by atoms with Crippen molar-refractivity contribution in [2.24, 2.45) is 0 Å². The summed E-state index contributed by atoms with van der Waals surface area (Å²) in [6.07, 6.45) is 0. The molecule has 0 bridgehead atoms. The van der Waals surface area contributed by atoms with Gasteiger partial charge in [0.15, 0.2) is 11.5 Å². The number of aryl methyl sites for hydroxylation is 1. The summed E-state index contributed by atoms with van der Waals surface area (Å²) in [6, 6.07) is 11.8. The number of carbonyl (C=O) groups excluding carboxylic acids is 1. The van der Waals surface area contributed by atoms with Crippen LogP contribution in [0.25, 0.3) is 11.3 Å². The Bertz CT molecular complexity index is 879. The molecule has 0 atom stereocenters. The largest absolute Gasteiger partial charge is 0.433 e. The highest BCUT2D eigenvalue weighted by Gasteiger charge is 2.17. The van der Waals surface area contributed by atoms with Gasteiger partial charge in [-0.3, -0.25) is 14.9 Å². The molecule has 3 rings (SSSR count). The van der Waals surface area contributed by atoms with Crippen LogP contribution in [-0.4, -0.2) is 16.0 Å². The van der Waals surface area contributed by atoms with Crippen molar-refractivity contribution < 1.29 is 18.7 Å². The number of nitrogens with zero attached hydrogens (tertiary/aromatic N) is 2. The van der Waals surface area contributed by atoms with Gasteiger partial charge in [-0.05, 0) is 13.0 Å². The quantitative estimate of drug-likeness (QED) is 0.569. The maximum atomic E-state index is 11.9. The maximum absolute atomic E-state index is 11.9. The molecule has 2 heterocycles. The molecule has 0 aliphatic rings. The number of rotatable bonds is 5. The topological polar surface area (TPSA) is 111 Å². The first-order valence-corrected chi connectivity index (χ1v) is 7.08. The summed E-state index contributed by atoms with van der Waals surface area (Å²) in [7, 11) is 0. The second kappa shape index (κ2) is 6.37. The van der Waals surface area contributed by atoms with Gasteiger partial charge in [-0.2, -0.15) is 0 Å². The van der Waals surface area contributed by atoms with Crippen LogP contribution in [0.2, 0.25) is 0 Å². The fourth-order valence-electron chi connectivity index (χ4n) is 2.05. The molecule has 24 heavy (non-hydrogen) atoms. The van der Waals surface area contributed by atoms with Gasteiger partial charge in [0, 0.05) is 11.6 Å². The molecule has 3 aromatic rings. The SMILES string of the molecule is Cc1ccc(-c2cc(CNC(=O)c3ccc([N+](=O)[O-])o3)no2)cc1. The van der Waals surface area contributed by atoms with Crippen molar-refractivity contribution >= 4 is 11.8 Å². The molecule has 1 N–H and O–H groups in total. The molecule has 0 aliphatic carbocycles. The van der Waals surface area contributed by atoms with Gasteiger partial charge in [0.1, 0.15) is 10.6 Å². The van der Waals surface area contributed by atoms with E-state index in [4.69, 9.17) is 8.94 Å². The lowest BCUT2D eigenvalue weighted by Crippen LogP contribution is -2.22. The molecule has 1 aromatic carbocycles. The monoisotopic (exact) mass is 327 g/mol. The fraction of sp³-hybridized carbons (Fsp3) is 0.125. The summed E-state index contributed by atoms with van der Waals surface area (Å²) in [5, 5.41) is 17.0. The predicted octanol–water partition coefficient (Wildman–Crippen LogP) is 3.08. The Morgan fingerprint density at radius 2 is 2.00 bits per heavy atom. The van der Waals surface area contributed by atoms with Crippen molar-refractivity contribution in [1.29, 1.82) is 0 Å². The Hall–Kier alpha value is -3.42. The van der Waals surface area contributed by atoms with E-state index in [0.29, 0.717) is 11.5 Å². The molecule has 8 nitrogen and oxygen atoms in total. The van der Waals surface area contributed by atoms with Gasteiger partial charge >= 0.3 is 5.88 Å². The van der Waals surface area contributed by atoms with Gasteiger partial charge < -0.3 is 14.3 Å². The number of furan rings is 1. The Morgan fingerprint density at radius 1 is 1.25 bits per heavy atom. The third kappa shape index (κ3) is 3.32. The Labute approximate surface area is 136 Å². The third-order valence-corrected chi connectivity index (χ3v) is 3.32. The second-order valence-electron chi connectivity index (χ2n) is 5.13. The molecule has 122 valence electrons. The first-order valence-electron chi connectivity index (χ1n) is 7.08. The lowest BCUT2D eigenvalue weighted by Gasteiger charge is -1.98. The second-order valence-corrected chi connectivity index (χ2v) is 5.13. The maximum Gasteiger partial charge on any atom is 0.433 e. The molecular formula is C16H13N3O5. The van der Waals surface area contributed by atoms with E-state index in [1.807, 2.05) is 31.2 Å². The Kier molecular flexibility index (Phi) is 4.11. The molecule has 0 spiro atoms. The summed E-state index contributed by atoms with van der Waals surface area (Å²) in [4.78, 5) is 21.7. The van der Waals surface area contributed by atoms with Gasteiger partial charge in [-0.25, -0.2) is 0 Å². The van der Waals surface area contributed by atoms with Crippen LogP contribution >= 0.6 is 0 Å². The molecule has 2 aromatic heterocycles. The van der Waals surface area contributed by atoms with E-state index in [1.165, 1.54) is 6.07 Å². The number of benzene rings is 1. The van der Waals surface area contributed by atoms with Crippen molar-refractivity contribution in [1.82, 2.24) is 10.5 Å². The number of nitrogens with one attached hydrogen (secondary N) is 1. The minimum absolute atomic E-state index is 0.114. The summed E-state index contributed by atoms with van der Waals surface area (Å²) < 4.78 is 10.1. The summed E-state index contributed by atoms with van der Waals surface area (Å²) in [5.74, 6) is -0.594. The van der Waals surface area contributed by atoms with E-state index in [-0.39, 0.29) is 12.3 Å². The highest BCUT2D eigenvalue weighted by atomic mass is 16.6. The summed E-state index contributed by atoms with van der Waals surface area (Å²) >= 11 is 0. The van der Waals surface area contributed by atoms with E-state index in [0.717, 1.165) is 17.2 Å². The minimum atomic E-state index is -0.706. The van der Waals surface area contributed by atoms with E-state index < -0.39 is 16.7 Å². The Balaban J connectivity index is 1.63. The average molecular weight is 327 g/mol. The predicted molar refractivity (Wildman–Crippen MR) is 83.2 cm³/mol. The first-order chi connectivity index (χ1) is 11.5. The zero-order valence-electron chi connectivity index (χ0n) is 12.7. The van der Waals surface area contributed by atoms with Gasteiger partial charge in [-0.1, -0.05) is 35.0 Å². The number of aromatic nitrogens is 1. The van der Waals surface area contributed by atoms with Gasteiger partial charge in [0.2, 0.25) is 0 Å². The van der Waals surface area contributed by atoms with Crippen molar-refractivity contribution in [3.8, 4) is 11.3 Å². The summed E-state index contributed by atoms with van der Waals surface area (Å²) in [5.41, 5.74) is 2.55. The van der Waals surface area contributed by atoms with Crippen molar-refractivity contribution in [3.05, 3.63) is 69.6 Å². The third-order valence-electron chi connectivity index (χ3n) is 3.32. The average Bonchev–Trinajstić information content (AvgIpc) is 3.23. The molecular weight excluding hydrogens is 314 g/mol. The first kappa shape index (κ1) is 15.5. The van der Waals surface area contributed by atoms with E-state index in [9.17, 15) is 14.9 Å². The molecule has 0 radical (unpaired) electrons. The van der Waals surface area contributed by atoms with E-state index >= 15 is 0 Å². The Morgan fingerprint density at radius 3 is 2.67 bits per heavy atom. The van der Waals surface area contributed by atoms with Crippen molar-refractivity contribution in [3.63, 3.8) is 0 Å². The molecule has 0 fully saturated rings. The van der Waals surface area contributed by atoms with E-state index in [1.54, 1.807) is 6.07 Å². The zero-order chi connectivity index (χ0) is 17.1. The van der Waals surface area contributed by atoms with E-state index in [2.05, 4.69) is 10.5 Å². The molecule has 1 amide bonds.